The first kappa shape index (κ1) is 12.1. The molecule has 0 aromatic carbocycles. The number of aromatic nitrogens is 4. The smallest absolute Gasteiger partial charge is 0.165 e. The molecule has 0 bridgehead atoms. The number of rotatable bonds is 5. The average molecular weight is 211 g/mol. The Morgan fingerprint density at radius 3 is 2.60 bits per heavy atom. The SMILES string of the molecule is CCC(C)(C)n1nnnc1CNC(C)C. The minimum Gasteiger partial charge on any atom is -0.308 e. The van der Waals surface area contributed by atoms with Gasteiger partial charge in [0.15, 0.2) is 5.82 Å². The number of nitrogens with one attached hydrogen (secondary N) is 1. The summed E-state index contributed by atoms with van der Waals surface area (Å²) in [6.45, 7) is 11.4. The van der Waals surface area contributed by atoms with Crippen molar-refractivity contribution >= 4 is 0 Å². The summed E-state index contributed by atoms with van der Waals surface area (Å²) in [7, 11) is 0. The van der Waals surface area contributed by atoms with E-state index in [0.29, 0.717) is 12.6 Å². The van der Waals surface area contributed by atoms with Gasteiger partial charge >= 0.3 is 0 Å². The van der Waals surface area contributed by atoms with Crippen LogP contribution in [-0.4, -0.2) is 26.2 Å². The number of tetrazole rings is 1. The summed E-state index contributed by atoms with van der Waals surface area (Å²) < 4.78 is 1.91. The van der Waals surface area contributed by atoms with Crippen LogP contribution >= 0.6 is 0 Å². The first-order valence-corrected chi connectivity index (χ1v) is 5.48. The fraction of sp³-hybridized carbons (Fsp3) is 0.900. The summed E-state index contributed by atoms with van der Waals surface area (Å²) in [5, 5.41) is 15.2. The van der Waals surface area contributed by atoms with Crippen molar-refractivity contribution in [2.24, 2.45) is 0 Å². The molecule has 1 N–H and O–H groups in total. The van der Waals surface area contributed by atoms with Crippen LogP contribution in [0.15, 0.2) is 0 Å². The summed E-state index contributed by atoms with van der Waals surface area (Å²) in [4.78, 5) is 0. The molecule has 0 unspecified atom stereocenters. The average Bonchev–Trinajstić information content (AvgIpc) is 2.63. The second kappa shape index (κ2) is 4.70. The van der Waals surface area contributed by atoms with E-state index in [1.165, 1.54) is 0 Å². The maximum Gasteiger partial charge on any atom is 0.165 e. The first-order valence-electron chi connectivity index (χ1n) is 5.48. The molecule has 1 aromatic rings. The molecular formula is C10H21N5. The van der Waals surface area contributed by atoms with Crippen LogP contribution in [0.1, 0.15) is 46.9 Å². The summed E-state index contributed by atoms with van der Waals surface area (Å²) >= 11 is 0. The number of nitrogens with zero attached hydrogens (tertiary/aromatic N) is 4. The largest absolute Gasteiger partial charge is 0.308 e. The van der Waals surface area contributed by atoms with Gasteiger partial charge in [-0.3, -0.25) is 0 Å². The minimum atomic E-state index is -0.0164. The van der Waals surface area contributed by atoms with Crippen molar-refractivity contribution in [3.63, 3.8) is 0 Å². The Morgan fingerprint density at radius 2 is 2.07 bits per heavy atom. The molecule has 86 valence electrons. The van der Waals surface area contributed by atoms with Crippen molar-refractivity contribution in [1.82, 2.24) is 25.5 Å². The Bertz CT molecular complexity index is 303. The van der Waals surface area contributed by atoms with E-state index in [4.69, 9.17) is 0 Å². The quantitative estimate of drug-likeness (QED) is 0.798. The van der Waals surface area contributed by atoms with Gasteiger partial charge in [0.05, 0.1) is 12.1 Å². The van der Waals surface area contributed by atoms with E-state index in [1.807, 2.05) is 4.68 Å². The highest BCUT2D eigenvalue weighted by Crippen LogP contribution is 2.18. The maximum absolute atomic E-state index is 4.05. The van der Waals surface area contributed by atoms with E-state index in [2.05, 4.69) is 55.5 Å². The van der Waals surface area contributed by atoms with Gasteiger partial charge in [-0.25, -0.2) is 4.68 Å². The summed E-state index contributed by atoms with van der Waals surface area (Å²) in [5.41, 5.74) is -0.0164. The zero-order chi connectivity index (χ0) is 11.5. The monoisotopic (exact) mass is 211 g/mol. The molecule has 15 heavy (non-hydrogen) atoms. The van der Waals surface area contributed by atoms with Crippen LogP contribution in [0.2, 0.25) is 0 Å². The Hall–Kier alpha value is -0.970. The molecule has 1 heterocycles. The Balaban J connectivity index is 2.78. The zero-order valence-electron chi connectivity index (χ0n) is 10.3. The molecule has 1 aromatic heterocycles. The summed E-state index contributed by atoms with van der Waals surface area (Å²) in [6.07, 6.45) is 1.01. The van der Waals surface area contributed by atoms with Crippen LogP contribution in [0.25, 0.3) is 0 Å². The van der Waals surface area contributed by atoms with Crippen molar-refractivity contribution < 1.29 is 0 Å². The van der Waals surface area contributed by atoms with Crippen LogP contribution in [0.5, 0.6) is 0 Å². The predicted octanol–water partition coefficient (Wildman–Crippen LogP) is 1.32. The highest BCUT2D eigenvalue weighted by Gasteiger charge is 2.22. The van der Waals surface area contributed by atoms with Crippen LogP contribution in [0, 0.1) is 0 Å². The lowest BCUT2D eigenvalue weighted by atomic mass is 10.0. The minimum absolute atomic E-state index is 0.0164. The molecule has 0 atom stereocenters. The third kappa shape index (κ3) is 2.99. The molecule has 5 nitrogen and oxygen atoms in total. The van der Waals surface area contributed by atoms with Crippen LogP contribution in [0.4, 0.5) is 0 Å². The molecule has 0 radical (unpaired) electrons. The van der Waals surface area contributed by atoms with Crippen LogP contribution in [-0.2, 0) is 12.1 Å². The van der Waals surface area contributed by atoms with Gasteiger partial charge in [-0.05, 0) is 30.7 Å². The van der Waals surface area contributed by atoms with E-state index in [-0.39, 0.29) is 5.54 Å². The molecule has 0 amide bonds. The fourth-order valence-corrected chi connectivity index (χ4v) is 1.23. The standard InChI is InChI=1S/C10H21N5/c1-6-10(4,5)15-9(12-13-14-15)7-11-8(2)3/h8,11H,6-7H2,1-5H3. The highest BCUT2D eigenvalue weighted by molar-refractivity contribution is 4.88. The first-order chi connectivity index (χ1) is 6.97. The van der Waals surface area contributed by atoms with Crippen molar-refractivity contribution in [3.05, 3.63) is 5.82 Å². The summed E-state index contributed by atoms with van der Waals surface area (Å²) in [6, 6.07) is 0.444. The Kier molecular flexibility index (Phi) is 3.79. The fourth-order valence-electron chi connectivity index (χ4n) is 1.23. The molecule has 0 saturated carbocycles. The number of hydrogen-bond donors (Lipinski definition) is 1. The second-order valence-electron chi connectivity index (χ2n) is 4.71. The van der Waals surface area contributed by atoms with Crippen molar-refractivity contribution in [3.8, 4) is 0 Å². The molecule has 0 fully saturated rings. The second-order valence-corrected chi connectivity index (χ2v) is 4.71. The van der Waals surface area contributed by atoms with Crippen LogP contribution < -0.4 is 5.32 Å². The molecule has 0 saturated heterocycles. The molecule has 0 aliphatic rings. The molecule has 0 spiro atoms. The van der Waals surface area contributed by atoms with Gasteiger partial charge in [0.25, 0.3) is 0 Å². The van der Waals surface area contributed by atoms with Crippen molar-refractivity contribution in [1.29, 1.82) is 0 Å². The molecular weight excluding hydrogens is 190 g/mol. The predicted molar refractivity (Wildman–Crippen MR) is 59.4 cm³/mol. The van der Waals surface area contributed by atoms with Gasteiger partial charge in [0, 0.05) is 6.04 Å². The lowest BCUT2D eigenvalue weighted by molar-refractivity contribution is 0.288. The zero-order valence-corrected chi connectivity index (χ0v) is 10.3. The third-order valence-electron chi connectivity index (χ3n) is 2.64. The van der Waals surface area contributed by atoms with Crippen molar-refractivity contribution in [2.75, 3.05) is 0 Å². The van der Waals surface area contributed by atoms with Gasteiger partial charge in [-0.1, -0.05) is 20.8 Å². The van der Waals surface area contributed by atoms with Gasteiger partial charge in [-0.2, -0.15) is 0 Å². The third-order valence-corrected chi connectivity index (χ3v) is 2.64. The highest BCUT2D eigenvalue weighted by atomic mass is 15.6. The van der Waals surface area contributed by atoms with E-state index in [0.717, 1.165) is 12.2 Å². The molecule has 1 rings (SSSR count). The molecule has 0 aliphatic heterocycles. The summed E-state index contributed by atoms with van der Waals surface area (Å²) in [5.74, 6) is 0.899. The normalized spacial score (nSPS) is 12.4. The lowest BCUT2D eigenvalue weighted by Crippen LogP contribution is -2.32. The van der Waals surface area contributed by atoms with Gasteiger partial charge in [0.2, 0.25) is 0 Å². The van der Waals surface area contributed by atoms with Gasteiger partial charge in [-0.15, -0.1) is 5.10 Å². The van der Waals surface area contributed by atoms with Crippen molar-refractivity contribution in [2.45, 2.75) is 59.2 Å². The maximum atomic E-state index is 4.05. The lowest BCUT2D eigenvalue weighted by Gasteiger charge is -2.24. The van der Waals surface area contributed by atoms with E-state index < -0.39 is 0 Å². The van der Waals surface area contributed by atoms with Gasteiger partial charge < -0.3 is 5.32 Å². The Morgan fingerprint density at radius 1 is 1.40 bits per heavy atom. The molecule has 0 aliphatic carbocycles. The van der Waals surface area contributed by atoms with E-state index in [9.17, 15) is 0 Å². The topological polar surface area (TPSA) is 55.6 Å². The number of hydrogen-bond acceptors (Lipinski definition) is 4. The van der Waals surface area contributed by atoms with Gasteiger partial charge in [0.1, 0.15) is 0 Å². The van der Waals surface area contributed by atoms with E-state index in [1.54, 1.807) is 0 Å². The van der Waals surface area contributed by atoms with Crippen LogP contribution in [0.3, 0.4) is 0 Å². The molecule has 5 heteroatoms. The Labute approximate surface area is 91.2 Å². The van der Waals surface area contributed by atoms with E-state index >= 15 is 0 Å².